The monoisotopic (exact) mass is 241 g/mol. The first kappa shape index (κ1) is 10.8. The lowest BCUT2D eigenvalue weighted by molar-refractivity contribution is 0.617. The molecule has 0 fully saturated rings. The SMILES string of the molecule is Fc1cncc(C(c2ccc[nH]2)c2ccc[nH]2)c1. The lowest BCUT2D eigenvalue weighted by Crippen LogP contribution is -2.05. The van der Waals surface area contributed by atoms with Crippen molar-refractivity contribution in [2.75, 3.05) is 0 Å². The molecule has 18 heavy (non-hydrogen) atoms. The molecule has 3 rings (SSSR count). The molecule has 3 aromatic rings. The van der Waals surface area contributed by atoms with Crippen LogP contribution in [-0.2, 0) is 0 Å². The third kappa shape index (κ3) is 1.93. The minimum Gasteiger partial charge on any atom is -0.364 e. The van der Waals surface area contributed by atoms with Gasteiger partial charge < -0.3 is 9.97 Å². The van der Waals surface area contributed by atoms with Crippen LogP contribution in [0.4, 0.5) is 4.39 Å². The van der Waals surface area contributed by atoms with Gasteiger partial charge in [0, 0.05) is 30.0 Å². The fourth-order valence-electron chi connectivity index (χ4n) is 2.16. The molecule has 2 N–H and O–H groups in total. The lowest BCUT2D eigenvalue weighted by Gasteiger charge is -2.14. The highest BCUT2D eigenvalue weighted by Crippen LogP contribution is 2.29. The van der Waals surface area contributed by atoms with Gasteiger partial charge in [-0.3, -0.25) is 4.98 Å². The van der Waals surface area contributed by atoms with Gasteiger partial charge in [-0.25, -0.2) is 4.39 Å². The largest absolute Gasteiger partial charge is 0.364 e. The Morgan fingerprint density at radius 1 is 1.00 bits per heavy atom. The molecule has 0 amide bonds. The number of aromatic amines is 2. The number of hydrogen-bond acceptors (Lipinski definition) is 1. The Balaban J connectivity index is 2.11. The first-order valence-corrected chi connectivity index (χ1v) is 5.71. The van der Waals surface area contributed by atoms with Gasteiger partial charge in [0.1, 0.15) is 5.82 Å². The fourth-order valence-corrected chi connectivity index (χ4v) is 2.16. The molecule has 0 aliphatic rings. The molecular weight excluding hydrogens is 229 g/mol. The molecule has 0 aliphatic carbocycles. The quantitative estimate of drug-likeness (QED) is 0.727. The molecule has 0 bridgehead atoms. The highest BCUT2D eigenvalue weighted by atomic mass is 19.1. The molecule has 0 atom stereocenters. The zero-order chi connectivity index (χ0) is 12.4. The zero-order valence-electron chi connectivity index (χ0n) is 9.60. The Kier molecular flexibility index (Phi) is 2.68. The summed E-state index contributed by atoms with van der Waals surface area (Å²) in [6.45, 7) is 0. The van der Waals surface area contributed by atoms with Crippen molar-refractivity contribution >= 4 is 0 Å². The Morgan fingerprint density at radius 3 is 2.17 bits per heavy atom. The van der Waals surface area contributed by atoms with Crippen LogP contribution in [0.2, 0.25) is 0 Å². The Bertz CT molecular complexity index is 580. The van der Waals surface area contributed by atoms with E-state index >= 15 is 0 Å². The van der Waals surface area contributed by atoms with Crippen LogP contribution in [0.5, 0.6) is 0 Å². The van der Waals surface area contributed by atoms with E-state index in [0.29, 0.717) is 0 Å². The van der Waals surface area contributed by atoms with E-state index in [2.05, 4.69) is 15.0 Å². The number of pyridine rings is 1. The van der Waals surface area contributed by atoms with Crippen LogP contribution in [0, 0.1) is 5.82 Å². The number of aromatic nitrogens is 3. The topological polar surface area (TPSA) is 44.5 Å². The number of nitrogens with zero attached hydrogens (tertiary/aromatic N) is 1. The van der Waals surface area contributed by atoms with Gasteiger partial charge in [0.15, 0.2) is 0 Å². The van der Waals surface area contributed by atoms with Crippen LogP contribution < -0.4 is 0 Å². The molecule has 3 nitrogen and oxygen atoms in total. The van der Waals surface area contributed by atoms with Crippen molar-refractivity contribution in [2.45, 2.75) is 5.92 Å². The van der Waals surface area contributed by atoms with Crippen LogP contribution in [0.3, 0.4) is 0 Å². The summed E-state index contributed by atoms with van der Waals surface area (Å²) in [5, 5.41) is 0. The van der Waals surface area contributed by atoms with Crippen molar-refractivity contribution in [2.24, 2.45) is 0 Å². The van der Waals surface area contributed by atoms with Gasteiger partial charge >= 0.3 is 0 Å². The van der Waals surface area contributed by atoms with Gasteiger partial charge in [0.2, 0.25) is 0 Å². The van der Waals surface area contributed by atoms with Gasteiger partial charge in [0.25, 0.3) is 0 Å². The normalized spacial score (nSPS) is 11.0. The molecule has 3 heterocycles. The number of hydrogen-bond donors (Lipinski definition) is 2. The predicted octanol–water partition coefficient (Wildman–Crippen LogP) is 3.06. The first-order chi connectivity index (χ1) is 8.84. The summed E-state index contributed by atoms with van der Waals surface area (Å²) in [6, 6.07) is 9.34. The summed E-state index contributed by atoms with van der Waals surface area (Å²) in [6.07, 6.45) is 6.62. The van der Waals surface area contributed by atoms with Gasteiger partial charge in [-0.1, -0.05) is 0 Å². The standard InChI is InChI=1S/C14H12FN3/c15-11-7-10(8-16-9-11)14(12-3-1-5-17-12)13-4-2-6-18-13/h1-9,14,17-18H. The molecule has 0 radical (unpaired) electrons. The maximum Gasteiger partial charge on any atom is 0.141 e. The summed E-state index contributed by atoms with van der Waals surface area (Å²) >= 11 is 0. The molecule has 90 valence electrons. The summed E-state index contributed by atoms with van der Waals surface area (Å²) in [4.78, 5) is 10.3. The maximum atomic E-state index is 13.3. The predicted molar refractivity (Wildman–Crippen MR) is 66.7 cm³/mol. The summed E-state index contributed by atoms with van der Waals surface area (Å²) in [5.41, 5.74) is 2.83. The van der Waals surface area contributed by atoms with E-state index in [4.69, 9.17) is 0 Å². The third-order valence-electron chi connectivity index (χ3n) is 2.93. The first-order valence-electron chi connectivity index (χ1n) is 5.71. The van der Waals surface area contributed by atoms with Crippen LogP contribution in [0.25, 0.3) is 0 Å². The Morgan fingerprint density at radius 2 is 1.67 bits per heavy atom. The fraction of sp³-hybridized carbons (Fsp3) is 0.0714. The molecule has 0 spiro atoms. The maximum absolute atomic E-state index is 13.3. The van der Waals surface area contributed by atoms with E-state index in [1.807, 2.05) is 36.7 Å². The van der Waals surface area contributed by atoms with Crippen molar-refractivity contribution in [1.82, 2.24) is 15.0 Å². The van der Waals surface area contributed by atoms with E-state index in [-0.39, 0.29) is 11.7 Å². The lowest BCUT2D eigenvalue weighted by atomic mass is 9.94. The van der Waals surface area contributed by atoms with Crippen molar-refractivity contribution in [3.8, 4) is 0 Å². The van der Waals surface area contributed by atoms with E-state index in [9.17, 15) is 4.39 Å². The molecule has 4 heteroatoms. The average molecular weight is 241 g/mol. The number of H-pyrrole nitrogens is 2. The summed E-state index contributed by atoms with van der Waals surface area (Å²) in [5.74, 6) is -0.381. The van der Waals surface area contributed by atoms with Crippen LogP contribution in [0.15, 0.2) is 55.1 Å². The van der Waals surface area contributed by atoms with Crippen LogP contribution in [0.1, 0.15) is 22.9 Å². The molecule has 0 saturated carbocycles. The van der Waals surface area contributed by atoms with Gasteiger partial charge in [0.05, 0.1) is 12.1 Å². The van der Waals surface area contributed by atoms with E-state index in [1.165, 1.54) is 12.3 Å². The number of nitrogens with one attached hydrogen (secondary N) is 2. The molecule has 0 aromatic carbocycles. The second-order valence-electron chi connectivity index (χ2n) is 4.12. The van der Waals surface area contributed by atoms with E-state index < -0.39 is 0 Å². The van der Waals surface area contributed by atoms with Gasteiger partial charge in [-0.05, 0) is 35.9 Å². The molecule has 0 saturated heterocycles. The molecule has 0 unspecified atom stereocenters. The molecule has 0 aliphatic heterocycles. The highest BCUT2D eigenvalue weighted by molar-refractivity contribution is 5.36. The average Bonchev–Trinajstić information content (AvgIpc) is 3.02. The summed E-state index contributed by atoms with van der Waals surface area (Å²) < 4.78 is 13.3. The van der Waals surface area contributed by atoms with E-state index in [1.54, 1.807) is 6.20 Å². The van der Waals surface area contributed by atoms with Gasteiger partial charge in [-0.2, -0.15) is 0 Å². The number of halogens is 1. The minimum absolute atomic E-state index is 0.0572. The van der Waals surface area contributed by atoms with Crippen LogP contribution >= 0.6 is 0 Å². The second-order valence-corrected chi connectivity index (χ2v) is 4.12. The van der Waals surface area contributed by atoms with Gasteiger partial charge in [-0.15, -0.1) is 0 Å². The highest BCUT2D eigenvalue weighted by Gasteiger charge is 2.19. The van der Waals surface area contributed by atoms with Crippen molar-refractivity contribution in [3.63, 3.8) is 0 Å². The van der Waals surface area contributed by atoms with Crippen molar-refractivity contribution in [1.29, 1.82) is 0 Å². The Labute approximate surface area is 104 Å². The van der Waals surface area contributed by atoms with E-state index in [0.717, 1.165) is 17.0 Å². The van der Waals surface area contributed by atoms with Crippen molar-refractivity contribution in [3.05, 3.63) is 77.9 Å². The van der Waals surface area contributed by atoms with Crippen LogP contribution in [-0.4, -0.2) is 15.0 Å². The Hall–Kier alpha value is -2.36. The smallest absolute Gasteiger partial charge is 0.141 e. The zero-order valence-corrected chi connectivity index (χ0v) is 9.60. The van der Waals surface area contributed by atoms with Crippen molar-refractivity contribution < 1.29 is 4.39 Å². The second kappa shape index (κ2) is 4.49. The number of rotatable bonds is 3. The summed E-state index contributed by atoms with van der Waals surface area (Å²) in [7, 11) is 0. The molecule has 3 aromatic heterocycles. The third-order valence-corrected chi connectivity index (χ3v) is 2.93. The minimum atomic E-state index is -0.324. The molecular formula is C14H12FN3.